The quantitative estimate of drug-likeness (QED) is 0.0571. The van der Waals surface area contributed by atoms with Gasteiger partial charge in [0.2, 0.25) is 5.91 Å². The third-order valence-corrected chi connectivity index (χ3v) is 10.5. The minimum atomic E-state index is -1.15. The van der Waals surface area contributed by atoms with Crippen LogP contribution >= 0.6 is 0 Å². The third kappa shape index (κ3) is 13.9. The number of fused-ring (bicyclic) bond motifs is 1. The van der Waals surface area contributed by atoms with Crippen molar-refractivity contribution in [1.29, 1.82) is 0 Å². The van der Waals surface area contributed by atoms with E-state index in [1.54, 1.807) is 109 Å². The van der Waals surface area contributed by atoms with Crippen LogP contribution in [0.15, 0.2) is 109 Å². The van der Waals surface area contributed by atoms with Gasteiger partial charge in [0.1, 0.15) is 17.8 Å². The molecule has 68 heavy (non-hydrogen) atoms. The lowest BCUT2D eigenvalue weighted by Crippen LogP contribution is -2.44. The number of carboxylic acid groups (broad SMARTS) is 1. The van der Waals surface area contributed by atoms with Crippen molar-refractivity contribution in [2.24, 2.45) is 0 Å². The summed E-state index contributed by atoms with van der Waals surface area (Å²) in [5.74, 6) is -1.48. The van der Waals surface area contributed by atoms with Crippen molar-refractivity contribution in [3.63, 3.8) is 0 Å². The highest BCUT2D eigenvalue weighted by molar-refractivity contribution is 6.14. The molecule has 4 N–H and O–H groups in total. The van der Waals surface area contributed by atoms with Gasteiger partial charge >= 0.3 is 24.2 Å². The van der Waals surface area contributed by atoms with Gasteiger partial charge in [-0.15, -0.1) is 0 Å². The van der Waals surface area contributed by atoms with Crippen LogP contribution in [-0.2, 0) is 46.3 Å². The molecule has 1 aliphatic heterocycles. The fourth-order valence-corrected chi connectivity index (χ4v) is 7.49. The smallest absolute Gasteiger partial charge is 0.425 e. The zero-order valence-corrected chi connectivity index (χ0v) is 39.7. The topological polar surface area (TPSA) is 204 Å². The number of anilines is 3. The maximum absolute atomic E-state index is 13.4. The van der Waals surface area contributed by atoms with E-state index in [0.29, 0.717) is 46.1 Å². The number of carbonyl (C=O) groups is 5. The van der Waals surface area contributed by atoms with Gasteiger partial charge < -0.3 is 44.7 Å². The van der Waals surface area contributed by atoms with Crippen molar-refractivity contribution in [2.75, 3.05) is 15.5 Å². The Hall–Kier alpha value is -7.30. The van der Waals surface area contributed by atoms with Crippen molar-refractivity contribution < 1.29 is 52.8 Å². The number of carboxylic acids is 1. The van der Waals surface area contributed by atoms with Crippen molar-refractivity contribution in [2.45, 2.75) is 118 Å². The number of allylic oxidation sites excluding steroid dienone is 1. The Balaban J connectivity index is 1.12. The third-order valence-electron chi connectivity index (χ3n) is 10.5. The van der Waals surface area contributed by atoms with Crippen LogP contribution in [0.5, 0.6) is 0 Å². The fourth-order valence-electron chi connectivity index (χ4n) is 7.49. The average molecular weight is 930 g/mol. The summed E-state index contributed by atoms with van der Waals surface area (Å²) in [5, 5.41) is 20.3. The lowest BCUT2D eigenvalue weighted by molar-refractivity contribution is -0.378. The standard InChI is InChI=1S/C52H59N5O11/c1-31-25-37(45(47(59)60)55-39-21-22-41-35(27-39)23-24-53-46(41)57(49(62)67-51(4,5)6)50(63)68-52(7,8)9)26-32(2)40(31)19-14-20-43(58)54-38-18-13-17-36(28-38)42(29-44-65-33(3)66-44)56-48(61)64-30-34-15-11-10-12-16-34/h10-18,20-28,33,42,44-45,55H,19,29-30H2,1-9H3,(H,54,58)(H,56,61)(H,59,60)/b20-14-/t33?,42-,44?,45-/m1/s1. The highest BCUT2D eigenvalue weighted by atomic mass is 16.9. The molecular formula is C52H59N5O11. The van der Waals surface area contributed by atoms with Crippen LogP contribution in [0, 0.1) is 13.8 Å². The molecule has 0 saturated carbocycles. The van der Waals surface area contributed by atoms with Gasteiger partial charge in [-0.1, -0.05) is 60.7 Å². The minimum absolute atomic E-state index is 0.00693. The number of nitrogens with one attached hydrogen (secondary N) is 3. The predicted molar refractivity (Wildman–Crippen MR) is 257 cm³/mol. The molecule has 16 heteroatoms. The second-order valence-electron chi connectivity index (χ2n) is 18.4. The SMILES string of the molecule is Cc1cc([C@@H](Nc2ccc3c(N(C(=O)OC(C)(C)C)C(=O)OC(C)(C)C)nccc3c2)C(=O)O)cc(C)c1C/C=C\C(=O)Nc1cccc([C@@H](CC2OC(C)O2)NC(=O)OCc2ccccc2)c1. The molecule has 0 radical (unpaired) electrons. The Morgan fingerprint density at radius 2 is 1.47 bits per heavy atom. The highest BCUT2D eigenvalue weighted by Gasteiger charge is 2.35. The summed E-state index contributed by atoms with van der Waals surface area (Å²) in [6, 6.07) is 25.1. The van der Waals surface area contributed by atoms with Gasteiger partial charge in [-0.25, -0.2) is 24.2 Å². The van der Waals surface area contributed by atoms with Crippen LogP contribution in [0.25, 0.3) is 10.8 Å². The fraction of sp³-hybridized carbons (Fsp3) is 0.346. The Kier molecular flexibility index (Phi) is 15.9. The molecule has 0 bridgehead atoms. The maximum Gasteiger partial charge on any atom is 0.425 e. The zero-order chi connectivity index (χ0) is 49.3. The average Bonchev–Trinajstić information content (AvgIpc) is 3.24. The Bertz CT molecular complexity index is 2620. The zero-order valence-electron chi connectivity index (χ0n) is 39.7. The molecule has 1 saturated heterocycles. The Morgan fingerprint density at radius 1 is 0.809 bits per heavy atom. The molecule has 2 heterocycles. The largest absolute Gasteiger partial charge is 0.479 e. The number of aliphatic carboxylic acids is 1. The van der Waals surface area contributed by atoms with E-state index in [9.17, 15) is 29.1 Å². The number of carbonyl (C=O) groups excluding carboxylic acids is 4. The number of imide groups is 1. The molecule has 5 aromatic rings. The molecule has 2 atom stereocenters. The van der Waals surface area contributed by atoms with E-state index in [0.717, 1.165) is 27.2 Å². The Labute approximate surface area is 396 Å². The Morgan fingerprint density at radius 3 is 2.09 bits per heavy atom. The molecule has 358 valence electrons. The van der Waals surface area contributed by atoms with Crippen LogP contribution in [0.3, 0.4) is 0 Å². The number of amides is 4. The lowest BCUT2D eigenvalue weighted by atomic mass is 9.93. The molecule has 16 nitrogen and oxygen atoms in total. The first kappa shape index (κ1) is 50.1. The molecule has 6 rings (SSSR count). The minimum Gasteiger partial charge on any atom is -0.479 e. The van der Waals surface area contributed by atoms with Crippen LogP contribution in [0.2, 0.25) is 0 Å². The number of hydrogen-bond donors (Lipinski definition) is 4. The summed E-state index contributed by atoms with van der Waals surface area (Å²) in [6.07, 6.45) is 1.95. The molecular weight excluding hydrogens is 871 g/mol. The summed E-state index contributed by atoms with van der Waals surface area (Å²) in [6.45, 7) is 15.7. The molecule has 4 amide bonds. The number of benzene rings is 4. The van der Waals surface area contributed by atoms with Crippen molar-refractivity contribution in [1.82, 2.24) is 10.3 Å². The second-order valence-corrected chi connectivity index (χ2v) is 18.4. The normalized spacial score (nSPS) is 15.7. The van der Waals surface area contributed by atoms with E-state index < -0.39 is 53.8 Å². The van der Waals surface area contributed by atoms with Gasteiger partial charge in [-0.2, -0.15) is 4.90 Å². The number of pyridine rings is 1. The molecule has 0 aliphatic carbocycles. The van der Waals surface area contributed by atoms with E-state index in [1.807, 2.05) is 50.2 Å². The summed E-state index contributed by atoms with van der Waals surface area (Å²) < 4.78 is 27.9. The summed E-state index contributed by atoms with van der Waals surface area (Å²) in [5.41, 5.74) is 3.81. The highest BCUT2D eigenvalue weighted by Crippen LogP contribution is 2.33. The van der Waals surface area contributed by atoms with E-state index in [2.05, 4.69) is 20.9 Å². The summed E-state index contributed by atoms with van der Waals surface area (Å²) in [4.78, 5) is 70.7. The summed E-state index contributed by atoms with van der Waals surface area (Å²) >= 11 is 0. The van der Waals surface area contributed by atoms with Crippen molar-refractivity contribution in [3.05, 3.63) is 143 Å². The maximum atomic E-state index is 13.4. The number of rotatable bonds is 15. The van der Waals surface area contributed by atoms with Gasteiger partial charge in [0.05, 0.1) is 6.04 Å². The predicted octanol–water partition coefficient (Wildman–Crippen LogP) is 10.6. The molecule has 0 unspecified atom stereocenters. The number of alkyl carbamates (subject to hydrolysis) is 1. The van der Waals surface area contributed by atoms with Crippen LogP contribution in [0.1, 0.15) is 100 Å². The van der Waals surface area contributed by atoms with Crippen molar-refractivity contribution in [3.8, 4) is 0 Å². The first-order chi connectivity index (χ1) is 32.1. The molecule has 1 fully saturated rings. The number of aromatic nitrogens is 1. The monoisotopic (exact) mass is 929 g/mol. The van der Waals surface area contributed by atoms with Crippen molar-refractivity contribution >= 4 is 58.1 Å². The molecule has 0 spiro atoms. The molecule has 1 aliphatic rings. The van der Waals surface area contributed by atoms with Crippen LogP contribution in [0.4, 0.5) is 31.6 Å². The van der Waals surface area contributed by atoms with Gasteiger partial charge in [0.15, 0.2) is 24.4 Å². The second kappa shape index (κ2) is 21.6. The first-order valence-electron chi connectivity index (χ1n) is 22.2. The number of aryl methyl sites for hydroxylation is 2. The lowest BCUT2D eigenvalue weighted by Gasteiger charge is -2.36. The van der Waals surface area contributed by atoms with Crippen LogP contribution in [-0.4, -0.2) is 64.0 Å². The number of hydrogen-bond acceptors (Lipinski definition) is 12. The van der Waals surface area contributed by atoms with Gasteiger partial charge in [0.25, 0.3) is 0 Å². The molecule has 1 aromatic heterocycles. The van der Waals surface area contributed by atoms with Gasteiger partial charge in [-0.05, 0) is 150 Å². The molecule has 4 aromatic carbocycles. The first-order valence-corrected chi connectivity index (χ1v) is 22.2. The number of ether oxygens (including phenoxy) is 5. The van der Waals surface area contributed by atoms with E-state index in [-0.39, 0.29) is 24.6 Å². The van der Waals surface area contributed by atoms with Gasteiger partial charge in [0, 0.05) is 29.4 Å². The van der Waals surface area contributed by atoms with Crippen LogP contribution < -0.4 is 20.9 Å². The van der Waals surface area contributed by atoms with E-state index in [1.165, 1.54) is 12.3 Å². The van der Waals surface area contributed by atoms with E-state index in [4.69, 9.17) is 23.7 Å². The number of nitrogens with zero attached hydrogens (tertiary/aromatic N) is 2. The van der Waals surface area contributed by atoms with Gasteiger partial charge in [-0.3, -0.25) is 4.79 Å². The van der Waals surface area contributed by atoms with E-state index >= 15 is 0 Å². The summed E-state index contributed by atoms with van der Waals surface area (Å²) in [7, 11) is 0.